The van der Waals surface area contributed by atoms with Crippen LogP contribution in [-0.4, -0.2) is 59.4 Å². The number of carboxylic acid groups (broad SMARTS) is 1. The highest BCUT2D eigenvalue weighted by Gasteiger charge is 2.32. The summed E-state index contributed by atoms with van der Waals surface area (Å²) in [6, 6.07) is -0.249. The van der Waals surface area contributed by atoms with E-state index in [2.05, 4.69) is 5.10 Å². The third-order valence-corrected chi connectivity index (χ3v) is 4.79. The fourth-order valence-corrected chi connectivity index (χ4v) is 3.46. The number of ether oxygens (including phenoxy) is 1. The van der Waals surface area contributed by atoms with Crippen LogP contribution in [0.25, 0.3) is 0 Å². The highest BCUT2D eigenvalue weighted by molar-refractivity contribution is 7.89. The Labute approximate surface area is 110 Å². The third kappa shape index (κ3) is 2.94. The zero-order valence-corrected chi connectivity index (χ0v) is 11.2. The van der Waals surface area contributed by atoms with Crippen LogP contribution in [-0.2, 0) is 26.1 Å². The number of sulfonamides is 1. The Morgan fingerprint density at radius 1 is 1.63 bits per heavy atom. The summed E-state index contributed by atoms with van der Waals surface area (Å²) in [7, 11) is -3.65. The highest BCUT2D eigenvalue weighted by Crippen LogP contribution is 2.19. The summed E-state index contributed by atoms with van der Waals surface area (Å²) >= 11 is 0. The second-order valence-corrected chi connectivity index (χ2v) is 6.20. The van der Waals surface area contributed by atoms with Gasteiger partial charge in [-0.3, -0.25) is 9.48 Å². The quantitative estimate of drug-likeness (QED) is 0.792. The molecule has 106 valence electrons. The number of aliphatic carboxylic acids is 1. The standard InChI is InChI=1S/C10H15N3O5S/c1-8-7-18-3-2-13(8)19(16,17)9-4-11-12(5-9)6-10(14)15/h4-5,8H,2-3,6-7H2,1H3,(H,14,15). The van der Waals surface area contributed by atoms with Gasteiger partial charge in [0.15, 0.2) is 0 Å². The molecule has 0 amide bonds. The minimum absolute atomic E-state index is 0.00231. The summed E-state index contributed by atoms with van der Waals surface area (Å²) < 4.78 is 32.4. The molecular formula is C10H15N3O5S. The van der Waals surface area contributed by atoms with Gasteiger partial charge < -0.3 is 9.84 Å². The molecular weight excluding hydrogens is 274 g/mol. The van der Waals surface area contributed by atoms with E-state index in [1.54, 1.807) is 6.92 Å². The van der Waals surface area contributed by atoms with E-state index in [0.717, 1.165) is 4.68 Å². The maximum Gasteiger partial charge on any atom is 0.325 e. The first-order valence-electron chi connectivity index (χ1n) is 5.75. The lowest BCUT2D eigenvalue weighted by molar-refractivity contribution is -0.137. The SMILES string of the molecule is CC1COCCN1S(=O)(=O)c1cnn(CC(=O)O)c1. The molecule has 1 aromatic rings. The van der Waals surface area contributed by atoms with E-state index in [-0.39, 0.29) is 24.0 Å². The fraction of sp³-hybridized carbons (Fsp3) is 0.600. The molecule has 0 spiro atoms. The third-order valence-electron chi connectivity index (χ3n) is 2.82. The lowest BCUT2D eigenvalue weighted by Crippen LogP contribution is -2.46. The average molecular weight is 289 g/mol. The molecule has 1 aromatic heterocycles. The Bertz CT molecular complexity index is 567. The van der Waals surface area contributed by atoms with E-state index >= 15 is 0 Å². The molecule has 1 saturated heterocycles. The first-order valence-corrected chi connectivity index (χ1v) is 7.19. The van der Waals surface area contributed by atoms with Crippen LogP contribution in [0.4, 0.5) is 0 Å². The Hall–Kier alpha value is -1.45. The van der Waals surface area contributed by atoms with Crippen LogP contribution < -0.4 is 0 Å². The lowest BCUT2D eigenvalue weighted by Gasteiger charge is -2.31. The van der Waals surface area contributed by atoms with E-state index in [9.17, 15) is 13.2 Å². The van der Waals surface area contributed by atoms with Crippen LogP contribution in [0.2, 0.25) is 0 Å². The minimum Gasteiger partial charge on any atom is -0.480 e. The maximum absolute atomic E-state index is 12.4. The van der Waals surface area contributed by atoms with Crippen LogP contribution in [0.1, 0.15) is 6.92 Å². The number of carboxylic acids is 1. The Morgan fingerprint density at radius 2 is 2.37 bits per heavy atom. The van der Waals surface area contributed by atoms with E-state index in [0.29, 0.717) is 13.2 Å². The van der Waals surface area contributed by atoms with E-state index in [1.165, 1.54) is 16.7 Å². The molecule has 9 heteroatoms. The number of hydrogen-bond acceptors (Lipinski definition) is 5. The Morgan fingerprint density at radius 3 is 3.00 bits per heavy atom. The van der Waals surface area contributed by atoms with Crippen LogP contribution in [0.15, 0.2) is 17.3 Å². The van der Waals surface area contributed by atoms with E-state index < -0.39 is 16.0 Å². The average Bonchev–Trinajstić information content (AvgIpc) is 2.77. The van der Waals surface area contributed by atoms with Crippen molar-refractivity contribution >= 4 is 16.0 Å². The van der Waals surface area contributed by atoms with Crippen molar-refractivity contribution in [2.45, 2.75) is 24.4 Å². The summed E-state index contributed by atoms with van der Waals surface area (Å²) in [6.45, 7) is 2.38. The van der Waals surface area contributed by atoms with Gasteiger partial charge in [0.1, 0.15) is 11.4 Å². The first kappa shape index (κ1) is 14.0. The van der Waals surface area contributed by atoms with E-state index in [1.807, 2.05) is 0 Å². The van der Waals surface area contributed by atoms with Gasteiger partial charge in [-0.1, -0.05) is 0 Å². The van der Waals surface area contributed by atoms with E-state index in [4.69, 9.17) is 9.84 Å². The summed E-state index contributed by atoms with van der Waals surface area (Å²) in [6.07, 6.45) is 2.39. The molecule has 1 unspecified atom stereocenters. The van der Waals surface area contributed by atoms with Crippen molar-refractivity contribution in [3.05, 3.63) is 12.4 Å². The molecule has 0 aromatic carbocycles. The highest BCUT2D eigenvalue weighted by atomic mass is 32.2. The number of aromatic nitrogens is 2. The Kier molecular flexibility index (Phi) is 3.88. The largest absolute Gasteiger partial charge is 0.480 e. The van der Waals surface area contributed by atoms with Crippen molar-refractivity contribution in [2.24, 2.45) is 0 Å². The van der Waals surface area contributed by atoms with Crippen molar-refractivity contribution < 1.29 is 23.1 Å². The predicted octanol–water partition coefficient (Wildman–Crippen LogP) is -0.623. The smallest absolute Gasteiger partial charge is 0.325 e. The first-order chi connectivity index (χ1) is 8.91. The molecule has 0 saturated carbocycles. The van der Waals surface area contributed by atoms with Gasteiger partial charge in [-0.15, -0.1) is 0 Å². The number of hydrogen-bond donors (Lipinski definition) is 1. The lowest BCUT2D eigenvalue weighted by atomic mass is 10.3. The molecule has 2 rings (SSSR count). The minimum atomic E-state index is -3.65. The van der Waals surface area contributed by atoms with Gasteiger partial charge in [0.2, 0.25) is 10.0 Å². The number of nitrogens with zero attached hydrogens (tertiary/aromatic N) is 3. The molecule has 1 N–H and O–H groups in total. The normalized spacial score (nSPS) is 21.4. The summed E-state index contributed by atoms with van der Waals surface area (Å²) in [5.74, 6) is -1.08. The summed E-state index contributed by atoms with van der Waals surface area (Å²) in [5.41, 5.74) is 0. The second-order valence-electron chi connectivity index (χ2n) is 4.31. The summed E-state index contributed by atoms with van der Waals surface area (Å²) in [5, 5.41) is 12.4. The molecule has 8 nitrogen and oxygen atoms in total. The molecule has 0 bridgehead atoms. The van der Waals surface area contributed by atoms with Gasteiger partial charge in [0.25, 0.3) is 0 Å². The van der Waals surface area contributed by atoms with Crippen molar-refractivity contribution in [1.29, 1.82) is 0 Å². The number of morpholine rings is 1. The Balaban J connectivity index is 2.23. The van der Waals surface area contributed by atoms with Gasteiger partial charge in [-0.2, -0.15) is 9.40 Å². The molecule has 1 atom stereocenters. The predicted molar refractivity (Wildman–Crippen MR) is 64.0 cm³/mol. The molecule has 1 fully saturated rings. The summed E-state index contributed by atoms with van der Waals surface area (Å²) in [4.78, 5) is 10.5. The van der Waals surface area contributed by atoms with Crippen LogP contribution in [0.3, 0.4) is 0 Å². The van der Waals surface area contributed by atoms with Crippen molar-refractivity contribution in [2.75, 3.05) is 19.8 Å². The molecule has 1 aliphatic heterocycles. The van der Waals surface area contributed by atoms with Gasteiger partial charge in [-0.25, -0.2) is 8.42 Å². The van der Waals surface area contributed by atoms with Gasteiger partial charge in [0.05, 0.1) is 19.4 Å². The zero-order chi connectivity index (χ0) is 14.0. The topological polar surface area (TPSA) is 102 Å². The molecule has 2 heterocycles. The van der Waals surface area contributed by atoms with Gasteiger partial charge in [-0.05, 0) is 6.92 Å². The van der Waals surface area contributed by atoms with Crippen molar-refractivity contribution in [3.8, 4) is 0 Å². The molecule has 0 aliphatic carbocycles. The van der Waals surface area contributed by atoms with Crippen LogP contribution in [0, 0.1) is 0 Å². The fourth-order valence-electron chi connectivity index (χ4n) is 1.91. The molecule has 19 heavy (non-hydrogen) atoms. The maximum atomic E-state index is 12.4. The zero-order valence-electron chi connectivity index (χ0n) is 10.4. The van der Waals surface area contributed by atoms with Gasteiger partial charge >= 0.3 is 5.97 Å². The monoisotopic (exact) mass is 289 g/mol. The van der Waals surface area contributed by atoms with Crippen LogP contribution in [0.5, 0.6) is 0 Å². The molecule has 1 aliphatic rings. The second kappa shape index (κ2) is 5.27. The van der Waals surface area contributed by atoms with Gasteiger partial charge in [0, 0.05) is 18.8 Å². The van der Waals surface area contributed by atoms with Crippen molar-refractivity contribution in [1.82, 2.24) is 14.1 Å². The molecule has 0 radical (unpaired) electrons. The van der Waals surface area contributed by atoms with Crippen molar-refractivity contribution in [3.63, 3.8) is 0 Å². The van der Waals surface area contributed by atoms with Crippen LogP contribution >= 0.6 is 0 Å². The number of carbonyl (C=O) groups is 1. The number of rotatable bonds is 4.